The average molecular weight is 371 g/mol. The lowest BCUT2D eigenvalue weighted by molar-refractivity contribution is -0.136. The fraction of sp³-hybridized carbons (Fsp3) is 0.316. The number of H-pyrrole nitrogens is 1. The van der Waals surface area contributed by atoms with Gasteiger partial charge in [0.1, 0.15) is 5.70 Å². The summed E-state index contributed by atoms with van der Waals surface area (Å²) in [6.45, 7) is 3.71. The van der Waals surface area contributed by atoms with Crippen LogP contribution in [0.3, 0.4) is 0 Å². The van der Waals surface area contributed by atoms with Crippen molar-refractivity contribution < 1.29 is 19.4 Å². The summed E-state index contributed by atoms with van der Waals surface area (Å²) in [7, 11) is 1.25. The van der Waals surface area contributed by atoms with Crippen LogP contribution < -0.4 is 10.9 Å². The molecule has 2 heterocycles. The molecule has 0 saturated heterocycles. The van der Waals surface area contributed by atoms with E-state index in [0.717, 1.165) is 16.5 Å². The molecule has 8 heteroatoms. The van der Waals surface area contributed by atoms with Crippen LogP contribution in [0.25, 0.3) is 10.9 Å². The van der Waals surface area contributed by atoms with Gasteiger partial charge < -0.3 is 25.0 Å². The molecular formula is C19H21N3O5. The monoisotopic (exact) mass is 371 g/mol. The number of aliphatic hydroxyl groups excluding tert-OH is 1. The van der Waals surface area contributed by atoms with Crippen LogP contribution in [0.1, 0.15) is 11.1 Å². The molecule has 1 aromatic heterocycles. The van der Waals surface area contributed by atoms with Crippen LogP contribution >= 0.6 is 0 Å². The topological polar surface area (TPSA) is 112 Å². The minimum absolute atomic E-state index is 0.0664. The molecule has 0 atom stereocenters. The lowest BCUT2D eigenvalue weighted by Crippen LogP contribution is -2.31. The molecule has 0 saturated carbocycles. The molecule has 1 aromatic carbocycles. The third-order valence-corrected chi connectivity index (χ3v) is 4.61. The third-order valence-electron chi connectivity index (χ3n) is 4.61. The molecular weight excluding hydrogens is 350 g/mol. The smallest absolute Gasteiger partial charge is 0.337 e. The van der Waals surface area contributed by atoms with Crippen molar-refractivity contribution >= 4 is 28.5 Å². The lowest BCUT2D eigenvalue weighted by Gasteiger charge is -2.16. The molecule has 0 bridgehead atoms. The van der Waals surface area contributed by atoms with Gasteiger partial charge in [-0.3, -0.25) is 9.59 Å². The van der Waals surface area contributed by atoms with Gasteiger partial charge in [-0.05, 0) is 37.1 Å². The standard InChI is InChI=1S/C19H21N3O5/c1-10-7-16(24)20-15-8-14(11(2)6-12(10)15)21-17-13(19(26)27-3)9-22(4-5-23)18(17)25/h6-8,21,23H,4-5,9H2,1-3H3,(H,20,24). The Morgan fingerprint density at radius 3 is 2.67 bits per heavy atom. The molecule has 142 valence electrons. The minimum Gasteiger partial charge on any atom is -0.466 e. The second-order valence-electron chi connectivity index (χ2n) is 6.45. The fourth-order valence-corrected chi connectivity index (χ4v) is 3.20. The van der Waals surface area contributed by atoms with Crippen molar-refractivity contribution in [3.05, 3.63) is 50.9 Å². The van der Waals surface area contributed by atoms with Gasteiger partial charge in [0, 0.05) is 23.7 Å². The average Bonchev–Trinajstić information content (AvgIpc) is 2.92. The van der Waals surface area contributed by atoms with Gasteiger partial charge >= 0.3 is 5.97 Å². The lowest BCUT2D eigenvalue weighted by atomic mass is 10.1. The number of anilines is 1. The Morgan fingerprint density at radius 2 is 2.00 bits per heavy atom. The van der Waals surface area contributed by atoms with E-state index in [2.05, 4.69) is 10.3 Å². The van der Waals surface area contributed by atoms with Crippen LogP contribution in [0.15, 0.2) is 34.3 Å². The Kier molecular flexibility index (Phi) is 5.00. The summed E-state index contributed by atoms with van der Waals surface area (Å²) in [6, 6.07) is 5.18. The summed E-state index contributed by atoms with van der Waals surface area (Å²) in [6.07, 6.45) is 0. The molecule has 27 heavy (non-hydrogen) atoms. The normalized spacial score (nSPS) is 14.2. The number of benzene rings is 1. The van der Waals surface area contributed by atoms with E-state index in [4.69, 9.17) is 9.84 Å². The number of hydrogen-bond donors (Lipinski definition) is 3. The summed E-state index contributed by atoms with van der Waals surface area (Å²) >= 11 is 0. The molecule has 0 fully saturated rings. The number of nitrogens with one attached hydrogen (secondary N) is 2. The summed E-state index contributed by atoms with van der Waals surface area (Å²) in [4.78, 5) is 40.6. The van der Waals surface area contributed by atoms with Crippen molar-refractivity contribution in [1.29, 1.82) is 0 Å². The Bertz CT molecular complexity index is 1020. The van der Waals surface area contributed by atoms with E-state index >= 15 is 0 Å². The number of amides is 1. The second kappa shape index (κ2) is 7.24. The third kappa shape index (κ3) is 3.43. The van der Waals surface area contributed by atoms with Crippen LogP contribution in [-0.4, -0.2) is 53.7 Å². The van der Waals surface area contributed by atoms with E-state index < -0.39 is 5.97 Å². The number of hydrogen-bond acceptors (Lipinski definition) is 6. The minimum atomic E-state index is -0.603. The largest absolute Gasteiger partial charge is 0.466 e. The van der Waals surface area contributed by atoms with Crippen molar-refractivity contribution in [3.8, 4) is 0 Å². The van der Waals surface area contributed by atoms with Gasteiger partial charge in [0.2, 0.25) is 5.56 Å². The van der Waals surface area contributed by atoms with Crippen molar-refractivity contribution in [3.63, 3.8) is 0 Å². The number of aliphatic hydroxyl groups is 1. The van der Waals surface area contributed by atoms with Crippen molar-refractivity contribution in [2.24, 2.45) is 0 Å². The van der Waals surface area contributed by atoms with Crippen molar-refractivity contribution in [2.75, 3.05) is 32.1 Å². The molecule has 0 radical (unpaired) electrons. The van der Waals surface area contributed by atoms with E-state index in [1.807, 2.05) is 19.9 Å². The SMILES string of the molecule is COC(=O)C1=C(Nc2cc3[nH]c(=O)cc(C)c3cc2C)C(=O)N(CCO)C1. The highest BCUT2D eigenvalue weighted by molar-refractivity contribution is 6.08. The molecule has 1 amide bonds. The zero-order valence-corrected chi connectivity index (χ0v) is 15.4. The van der Waals surface area contributed by atoms with Gasteiger partial charge in [-0.2, -0.15) is 0 Å². The number of ether oxygens (including phenoxy) is 1. The number of carbonyl (C=O) groups is 2. The van der Waals surface area contributed by atoms with Crippen molar-refractivity contribution in [1.82, 2.24) is 9.88 Å². The maximum absolute atomic E-state index is 12.6. The summed E-state index contributed by atoms with van der Waals surface area (Å²) in [5.74, 6) is -0.990. The predicted octanol–water partition coefficient (Wildman–Crippen LogP) is 0.818. The molecule has 0 aliphatic carbocycles. The number of esters is 1. The number of nitrogens with zero attached hydrogens (tertiary/aromatic N) is 1. The first kappa shape index (κ1) is 18.7. The van der Waals surface area contributed by atoms with E-state index in [0.29, 0.717) is 11.2 Å². The number of methoxy groups -OCH3 is 1. The number of fused-ring (bicyclic) bond motifs is 1. The second-order valence-corrected chi connectivity index (χ2v) is 6.45. The maximum atomic E-state index is 12.6. The quantitative estimate of drug-likeness (QED) is 0.671. The number of aromatic nitrogens is 1. The highest BCUT2D eigenvalue weighted by Crippen LogP contribution is 2.28. The maximum Gasteiger partial charge on any atom is 0.337 e. The van der Waals surface area contributed by atoms with Crippen LogP contribution in [-0.2, 0) is 14.3 Å². The van der Waals surface area contributed by atoms with E-state index in [9.17, 15) is 14.4 Å². The highest BCUT2D eigenvalue weighted by atomic mass is 16.5. The van der Waals surface area contributed by atoms with E-state index in [-0.39, 0.29) is 42.4 Å². The molecule has 0 unspecified atom stereocenters. The van der Waals surface area contributed by atoms with Gasteiger partial charge in [0.05, 0.1) is 31.4 Å². The number of rotatable bonds is 5. The van der Waals surface area contributed by atoms with Gasteiger partial charge in [-0.1, -0.05) is 0 Å². The number of aromatic amines is 1. The fourth-order valence-electron chi connectivity index (χ4n) is 3.20. The van der Waals surface area contributed by atoms with Crippen molar-refractivity contribution in [2.45, 2.75) is 13.8 Å². The molecule has 3 rings (SSSR count). The summed E-state index contributed by atoms with van der Waals surface area (Å²) in [5.41, 5.74) is 3.04. The first-order chi connectivity index (χ1) is 12.8. The van der Waals surface area contributed by atoms with Crippen LogP contribution in [0.4, 0.5) is 5.69 Å². The molecule has 2 aromatic rings. The molecule has 0 spiro atoms. The molecule has 8 nitrogen and oxygen atoms in total. The molecule has 1 aliphatic heterocycles. The predicted molar refractivity (Wildman–Crippen MR) is 100 cm³/mol. The summed E-state index contributed by atoms with van der Waals surface area (Å²) < 4.78 is 4.78. The summed E-state index contributed by atoms with van der Waals surface area (Å²) in [5, 5.41) is 13.1. The van der Waals surface area contributed by atoms with Gasteiger partial charge in [-0.15, -0.1) is 0 Å². The zero-order chi connectivity index (χ0) is 19.7. The number of pyridine rings is 1. The molecule has 3 N–H and O–H groups in total. The van der Waals surface area contributed by atoms with Gasteiger partial charge in [0.15, 0.2) is 0 Å². The number of carbonyl (C=O) groups excluding carboxylic acids is 2. The Labute approximate surface area is 155 Å². The van der Waals surface area contributed by atoms with Crippen LogP contribution in [0, 0.1) is 13.8 Å². The van der Waals surface area contributed by atoms with Gasteiger partial charge in [-0.25, -0.2) is 4.79 Å². The van der Waals surface area contributed by atoms with E-state index in [1.165, 1.54) is 18.1 Å². The van der Waals surface area contributed by atoms with Crippen LogP contribution in [0.5, 0.6) is 0 Å². The highest BCUT2D eigenvalue weighted by Gasteiger charge is 2.34. The van der Waals surface area contributed by atoms with E-state index in [1.54, 1.807) is 6.07 Å². The molecule has 1 aliphatic rings. The first-order valence-electron chi connectivity index (χ1n) is 8.48. The first-order valence-corrected chi connectivity index (χ1v) is 8.48. The number of aryl methyl sites for hydroxylation is 2. The zero-order valence-electron chi connectivity index (χ0n) is 15.4. The number of β-amino-alcohol motifs (C(OH)–C–C–N with tert-alkyl or cyclic N) is 1. The Hall–Kier alpha value is -3.13. The Morgan fingerprint density at radius 1 is 1.26 bits per heavy atom. The Balaban J connectivity index is 2.06. The van der Waals surface area contributed by atoms with Gasteiger partial charge in [0.25, 0.3) is 5.91 Å². The van der Waals surface area contributed by atoms with Crippen LogP contribution in [0.2, 0.25) is 0 Å².